The van der Waals surface area contributed by atoms with Crippen LogP contribution in [0.2, 0.25) is 0 Å². The van der Waals surface area contributed by atoms with E-state index in [0.717, 1.165) is 19.4 Å². The number of hydrogen-bond donors (Lipinski definition) is 2. The third-order valence-electron chi connectivity index (χ3n) is 1.72. The van der Waals surface area contributed by atoms with Gasteiger partial charge in [0, 0.05) is 26.8 Å². The fourth-order valence-electron chi connectivity index (χ4n) is 0.922. The minimum absolute atomic E-state index is 0.103. The Bertz CT molecular complexity index is 154. The van der Waals surface area contributed by atoms with Crippen molar-refractivity contribution in [3.63, 3.8) is 0 Å². The van der Waals surface area contributed by atoms with E-state index >= 15 is 0 Å². The number of carbonyl (C=O) groups is 1. The molecule has 0 aromatic carbocycles. The standard InChI is InChI=1S/C10H22N2O3/c1-3-5-11-10(13)12-6-4-7-15-9-8-14-2/h3-9H2,1-2H3,(H2,11,12,13). The molecule has 5 heteroatoms. The molecule has 2 amide bonds. The van der Waals surface area contributed by atoms with Crippen LogP contribution >= 0.6 is 0 Å². The molecule has 5 nitrogen and oxygen atoms in total. The number of nitrogens with one attached hydrogen (secondary N) is 2. The third kappa shape index (κ3) is 11.1. The highest BCUT2D eigenvalue weighted by Crippen LogP contribution is 1.81. The van der Waals surface area contributed by atoms with Gasteiger partial charge in [0.1, 0.15) is 0 Å². The van der Waals surface area contributed by atoms with Crippen LogP contribution in [0.1, 0.15) is 19.8 Å². The summed E-state index contributed by atoms with van der Waals surface area (Å²) < 4.78 is 10.1. The molecule has 0 aromatic rings. The number of carbonyl (C=O) groups excluding carboxylic acids is 1. The van der Waals surface area contributed by atoms with Gasteiger partial charge in [-0.25, -0.2) is 4.79 Å². The summed E-state index contributed by atoms with van der Waals surface area (Å²) in [7, 11) is 1.64. The quantitative estimate of drug-likeness (QED) is 0.561. The van der Waals surface area contributed by atoms with E-state index in [1.54, 1.807) is 7.11 Å². The van der Waals surface area contributed by atoms with E-state index in [-0.39, 0.29) is 6.03 Å². The average molecular weight is 218 g/mol. The van der Waals surface area contributed by atoms with Crippen molar-refractivity contribution in [2.75, 3.05) is 40.0 Å². The van der Waals surface area contributed by atoms with Crippen molar-refractivity contribution in [1.29, 1.82) is 0 Å². The molecule has 0 aliphatic rings. The maximum absolute atomic E-state index is 11.1. The van der Waals surface area contributed by atoms with Gasteiger partial charge in [-0.1, -0.05) is 6.92 Å². The Morgan fingerprint density at radius 3 is 2.53 bits per heavy atom. The lowest BCUT2D eigenvalue weighted by Gasteiger charge is -2.06. The molecule has 0 fully saturated rings. The SMILES string of the molecule is CCCNC(=O)NCCCOCCOC. The van der Waals surface area contributed by atoms with Gasteiger partial charge in [-0.15, -0.1) is 0 Å². The number of rotatable bonds is 9. The molecule has 0 spiro atoms. The van der Waals surface area contributed by atoms with Crippen molar-refractivity contribution in [1.82, 2.24) is 10.6 Å². The van der Waals surface area contributed by atoms with Crippen LogP contribution in [0.4, 0.5) is 4.79 Å². The van der Waals surface area contributed by atoms with Crippen molar-refractivity contribution < 1.29 is 14.3 Å². The summed E-state index contributed by atoms with van der Waals surface area (Å²) >= 11 is 0. The number of methoxy groups -OCH3 is 1. The highest BCUT2D eigenvalue weighted by Gasteiger charge is 1.96. The second-order valence-electron chi connectivity index (χ2n) is 3.14. The lowest BCUT2D eigenvalue weighted by Crippen LogP contribution is -2.36. The first-order valence-electron chi connectivity index (χ1n) is 5.39. The van der Waals surface area contributed by atoms with Gasteiger partial charge >= 0.3 is 6.03 Å². The van der Waals surface area contributed by atoms with E-state index in [1.807, 2.05) is 6.92 Å². The predicted octanol–water partition coefficient (Wildman–Crippen LogP) is 0.749. The van der Waals surface area contributed by atoms with Gasteiger partial charge in [-0.3, -0.25) is 0 Å². The van der Waals surface area contributed by atoms with Crippen molar-refractivity contribution >= 4 is 6.03 Å². The van der Waals surface area contributed by atoms with E-state index in [2.05, 4.69) is 10.6 Å². The largest absolute Gasteiger partial charge is 0.382 e. The Morgan fingerprint density at radius 1 is 1.13 bits per heavy atom. The predicted molar refractivity (Wildman–Crippen MR) is 59.0 cm³/mol. The first kappa shape index (κ1) is 14.2. The van der Waals surface area contributed by atoms with Gasteiger partial charge < -0.3 is 20.1 Å². The minimum Gasteiger partial charge on any atom is -0.382 e. The van der Waals surface area contributed by atoms with Crippen LogP contribution in [-0.4, -0.2) is 46.1 Å². The summed E-state index contributed by atoms with van der Waals surface area (Å²) in [6, 6.07) is -0.103. The molecule has 0 aliphatic carbocycles. The molecule has 90 valence electrons. The van der Waals surface area contributed by atoms with E-state index in [0.29, 0.717) is 26.4 Å². The molecule has 0 unspecified atom stereocenters. The van der Waals surface area contributed by atoms with Crippen molar-refractivity contribution in [2.45, 2.75) is 19.8 Å². The van der Waals surface area contributed by atoms with Gasteiger partial charge in [0.2, 0.25) is 0 Å². The van der Waals surface area contributed by atoms with Crippen molar-refractivity contribution in [2.24, 2.45) is 0 Å². The zero-order valence-corrected chi connectivity index (χ0v) is 9.67. The summed E-state index contributed by atoms with van der Waals surface area (Å²) in [6.07, 6.45) is 1.77. The van der Waals surface area contributed by atoms with Crippen LogP contribution in [0.25, 0.3) is 0 Å². The van der Waals surface area contributed by atoms with Crippen LogP contribution in [0.3, 0.4) is 0 Å². The fourth-order valence-corrected chi connectivity index (χ4v) is 0.922. The zero-order valence-electron chi connectivity index (χ0n) is 9.67. The van der Waals surface area contributed by atoms with Crippen LogP contribution < -0.4 is 10.6 Å². The molecule has 0 saturated heterocycles. The van der Waals surface area contributed by atoms with E-state index < -0.39 is 0 Å². The molecule has 0 radical (unpaired) electrons. The van der Waals surface area contributed by atoms with Crippen LogP contribution in [0.5, 0.6) is 0 Å². The summed E-state index contributed by atoms with van der Waals surface area (Å²) in [5, 5.41) is 5.48. The summed E-state index contributed by atoms with van der Waals surface area (Å²) in [5.41, 5.74) is 0. The number of hydrogen-bond acceptors (Lipinski definition) is 3. The van der Waals surface area contributed by atoms with E-state index in [1.165, 1.54) is 0 Å². The highest BCUT2D eigenvalue weighted by molar-refractivity contribution is 5.73. The summed E-state index contributed by atoms with van der Waals surface area (Å²) in [4.78, 5) is 11.1. The van der Waals surface area contributed by atoms with Crippen LogP contribution in [0, 0.1) is 0 Å². The van der Waals surface area contributed by atoms with Crippen LogP contribution in [0.15, 0.2) is 0 Å². The first-order chi connectivity index (χ1) is 7.31. The molecule has 0 heterocycles. The molecular weight excluding hydrogens is 196 g/mol. The smallest absolute Gasteiger partial charge is 0.314 e. The Kier molecular flexibility index (Phi) is 10.7. The monoisotopic (exact) mass is 218 g/mol. The second-order valence-corrected chi connectivity index (χ2v) is 3.14. The molecular formula is C10H22N2O3. The van der Waals surface area contributed by atoms with Crippen LogP contribution in [-0.2, 0) is 9.47 Å². The van der Waals surface area contributed by atoms with Gasteiger partial charge in [0.05, 0.1) is 13.2 Å². The van der Waals surface area contributed by atoms with E-state index in [4.69, 9.17) is 9.47 Å². The second kappa shape index (κ2) is 11.3. The van der Waals surface area contributed by atoms with E-state index in [9.17, 15) is 4.79 Å². The Balaban J connectivity index is 3.06. The van der Waals surface area contributed by atoms with Gasteiger partial charge in [0.15, 0.2) is 0 Å². The Morgan fingerprint density at radius 2 is 1.87 bits per heavy atom. The first-order valence-corrected chi connectivity index (χ1v) is 5.39. The van der Waals surface area contributed by atoms with Gasteiger partial charge in [-0.2, -0.15) is 0 Å². The molecule has 15 heavy (non-hydrogen) atoms. The Hall–Kier alpha value is -0.810. The van der Waals surface area contributed by atoms with Crippen molar-refractivity contribution in [3.05, 3.63) is 0 Å². The topological polar surface area (TPSA) is 59.6 Å². The third-order valence-corrected chi connectivity index (χ3v) is 1.72. The molecule has 0 aromatic heterocycles. The molecule has 0 saturated carbocycles. The molecule has 2 N–H and O–H groups in total. The lowest BCUT2D eigenvalue weighted by atomic mass is 10.4. The maximum atomic E-state index is 11.1. The number of amides is 2. The highest BCUT2D eigenvalue weighted by atomic mass is 16.5. The Labute approximate surface area is 91.5 Å². The maximum Gasteiger partial charge on any atom is 0.314 e. The molecule has 0 aliphatic heterocycles. The van der Waals surface area contributed by atoms with Crippen molar-refractivity contribution in [3.8, 4) is 0 Å². The number of ether oxygens (including phenoxy) is 2. The fraction of sp³-hybridized carbons (Fsp3) is 0.900. The normalized spacial score (nSPS) is 10.0. The minimum atomic E-state index is -0.103. The summed E-state index contributed by atoms with van der Waals surface area (Å²) in [5.74, 6) is 0. The average Bonchev–Trinajstić information content (AvgIpc) is 2.25. The van der Waals surface area contributed by atoms with Gasteiger partial charge in [-0.05, 0) is 12.8 Å². The molecule has 0 rings (SSSR count). The summed E-state index contributed by atoms with van der Waals surface area (Å²) in [6.45, 7) is 5.25. The lowest BCUT2D eigenvalue weighted by molar-refractivity contribution is 0.0697. The molecule has 0 bridgehead atoms. The van der Waals surface area contributed by atoms with Gasteiger partial charge in [0.25, 0.3) is 0 Å². The zero-order chi connectivity index (χ0) is 11.4. The molecule has 0 atom stereocenters. The number of urea groups is 1.